The lowest BCUT2D eigenvalue weighted by Crippen LogP contribution is -2.24. The number of hydrogen-bond donors (Lipinski definition) is 0. The average Bonchev–Trinajstić information content (AvgIpc) is 2.17. The van der Waals surface area contributed by atoms with Crippen LogP contribution in [0.4, 0.5) is 0 Å². The fraction of sp³-hybridized carbons (Fsp3) is 0.933. The molecule has 0 aliphatic carbocycles. The highest BCUT2D eigenvalue weighted by molar-refractivity contribution is 9.10. The van der Waals surface area contributed by atoms with Crippen LogP contribution < -0.4 is 0 Å². The molecule has 0 aliphatic rings. The van der Waals surface area contributed by atoms with E-state index in [0.29, 0.717) is 18.9 Å². The molecule has 0 spiro atoms. The third-order valence-electron chi connectivity index (χ3n) is 2.50. The summed E-state index contributed by atoms with van der Waals surface area (Å²) < 4.78 is 11.0. The Morgan fingerprint density at radius 2 is 1.79 bits per heavy atom. The summed E-state index contributed by atoms with van der Waals surface area (Å²) in [6, 6.07) is 0. The molecule has 0 rings (SSSR count). The van der Waals surface area contributed by atoms with E-state index >= 15 is 0 Å². The Kier molecular flexibility index (Phi) is 8.21. The van der Waals surface area contributed by atoms with E-state index < -0.39 is 5.60 Å². The first kappa shape index (κ1) is 18.9. The molecule has 0 aromatic carbocycles. The van der Waals surface area contributed by atoms with Gasteiger partial charge < -0.3 is 9.47 Å². The zero-order valence-corrected chi connectivity index (χ0v) is 14.8. The van der Waals surface area contributed by atoms with Crippen LogP contribution in [-0.2, 0) is 14.3 Å². The smallest absolute Gasteiger partial charge is 0.306 e. The number of carbonyl (C=O) groups excluding carboxylic acids is 1. The molecular weight excluding hydrogens is 308 g/mol. The Morgan fingerprint density at radius 3 is 2.26 bits per heavy atom. The molecule has 0 bridgehead atoms. The molecule has 0 aliphatic heterocycles. The van der Waals surface area contributed by atoms with Crippen molar-refractivity contribution in [1.82, 2.24) is 0 Å². The summed E-state index contributed by atoms with van der Waals surface area (Å²) in [5.41, 5.74) is -0.391. The molecule has 0 N–H and O–H groups in total. The third kappa shape index (κ3) is 14.1. The lowest BCUT2D eigenvalue weighted by Gasteiger charge is -2.20. The monoisotopic (exact) mass is 336 g/mol. The Morgan fingerprint density at radius 1 is 1.21 bits per heavy atom. The van der Waals surface area contributed by atoms with Crippen molar-refractivity contribution in [1.29, 1.82) is 0 Å². The molecule has 19 heavy (non-hydrogen) atoms. The maximum Gasteiger partial charge on any atom is 0.306 e. The molecule has 3 nitrogen and oxygen atoms in total. The van der Waals surface area contributed by atoms with Gasteiger partial charge in [-0.2, -0.15) is 0 Å². The van der Waals surface area contributed by atoms with Crippen LogP contribution in [0, 0.1) is 5.92 Å². The van der Waals surface area contributed by atoms with Crippen molar-refractivity contribution in [2.24, 2.45) is 5.92 Å². The molecule has 1 atom stereocenters. The van der Waals surface area contributed by atoms with Crippen LogP contribution >= 0.6 is 15.9 Å². The van der Waals surface area contributed by atoms with Gasteiger partial charge in [0.05, 0.1) is 0 Å². The van der Waals surface area contributed by atoms with Crippen LogP contribution in [0.3, 0.4) is 0 Å². The van der Waals surface area contributed by atoms with E-state index in [2.05, 4.69) is 36.7 Å². The van der Waals surface area contributed by atoms with Gasteiger partial charge in [-0.15, -0.1) is 0 Å². The van der Waals surface area contributed by atoms with E-state index in [0.717, 1.165) is 19.4 Å². The number of ether oxygens (including phenoxy) is 2. The molecule has 0 saturated heterocycles. The summed E-state index contributed by atoms with van der Waals surface area (Å²) in [5.74, 6) is 0.256. The summed E-state index contributed by atoms with van der Waals surface area (Å²) >= 11 is 3.58. The van der Waals surface area contributed by atoms with Crippen molar-refractivity contribution < 1.29 is 14.3 Å². The summed E-state index contributed by atoms with van der Waals surface area (Å²) in [6.07, 6.45) is 2.25. The SMILES string of the molecule is CC(CCC(=O)OC(C)(C)C)COCCC(C)(C)Br. The normalized spacial score (nSPS) is 14.3. The van der Waals surface area contributed by atoms with Gasteiger partial charge in [-0.3, -0.25) is 4.79 Å². The van der Waals surface area contributed by atoms with Crippen molar-refractivity contribution in [2.75, 3.05) is 13.2 Å². The van der Waals surface area contributed by atoms with Gasteiger partial charge in [0, 0.05) is 24.0 Å². The second-order valence-corrected chi connectivity index (χ2v) is 8.92. The Balaban J connectivity index is 3.65. The van der Waals surface area contributed by atoms with Crippen LogP contribution in [0.2, 0.25) is 0 Å². The number of alkyl halides is 1. The van der Waals surface area contributed by atoms with Gasteiger partial charge in [-0.25, -0.2) is 0 Å². The maximum atomic E-state index is 11.6. The quantitative estimate of drug-likeness (QED) is 0.376. The highest BCUT2D eigenvalue weighted by Crippen LogP contribution is 2.20. The fourth-order valence-electron chi connectivity index (χ4n) is 1.44. The van der Waals surface area contributed by atoms with Gasteiger partial charge in [0.1, 0.15) is 5.60 Å². The van der Waals surface area contributed by atoms with Crippen LogP contribution in [-0.4, -0.2) is 29.1 Å². The van der Waals surface area contributed by atoms with E-state index in [1.165, 1.54) is 0 Å². The lowest BCUT2D eigenvalue weighted by molar-refractivity contribution is -0.155. The lowest BCUT2D eigenvalue weighted by atomic mass is 10.1. The Hall–Kier alpha value is -0.0900. The number of halogens is 1. The minimum atomic E-state index is -0.391. The molecule has 0 amide bonds. The van der Waals surface area contributed by atoms with E-state index in [1.807, 2.05) is 20.8 Å². The second-order valence-electron chi connectivity index (χ2n) is 6.77. The first-order valence-electron chi connectivity index (χ1n) is 6.98. The average molecular weight is 337 g/mol. The number of carbonyl (C=O) groups is 1. The zero-order chi connectivity index (χ0) is 15.1. The zero-order valence-electron chi connectivity index (χ0n) is 13.2. The molecule has 0 heterocycles. The van der Waals surface area contributed by atoms with Gasteiger partial charge in [0.25, 0.3) is 0 Å². The van der Waals surface area contributed by atoms with E-state index in [4.69, 9.17) is 9.47 Å². The Labute approximate surface area is 126 Å². The van der Waals surface area contributed by atoms with Gasteiger partial charge >= 0.3 is 5.97 Å². The highest BCUT2D eigenvalue weighted by Gasteiger charge is 2.17. The summed E-state index contributed by atoms with van der Waals surface area (Å²) in [7, 11) is 0. The van der Waals surface area contributed by atoms with Crippen molar-refractivity contribution in [3.05, 3.63) is 0 Å². The van der Waals surface area contributed by atoms with Crippen LogP contribution in [0.25, 0.3) is 0 Å². The van der Waals surface area contributed by atoms with Crippen molar-refractivity contribution in [3.8, 4) is 0 Å². The first-order valence-corrected chi connectivity index (χ1v) is 7.77. The number of hydrogen-bond acceptors (Lipinski definition) is 3. The van der Waals surface area contributed by atoms with Gasteiger partial charge in [0.15, 0.2) is 0 Å². The van der Waals surface area contributed by atoms with E-state index in [1.54, 1.807) is 0 Å². The second kappa shape index (κ2) is 8.25. The molecule has 0 fully saturated rings. The van der Waals surface area contributed by atoms with Crippen LogP contribution in [0.1, 0.15) is 60.8 Å². The molecule has 114 valence electrons. The number of rotatable bonds is 8. The molecule has 4 heteroatoms. The molecule has 0 radical (unpaired) electrons. The van der Waals surface area contributed by atoms with Gasteiger partial charge in [-0.1, -0.05) is 22.9 Å². The van der Waals surface area contributed by atoms with Crippen molar-refractivity contribution >= 4 is 21.9 Å². The molecule has 0 saturated carbocycles. The Bertz CT molecular complexity index is 264. The molecule has 0 aromatic rings. The van der Waals surface area contributed by atoms with Crippen LogP contribution in [0.15, 0.2) is 0 Å². The van der Waals surface area contributed by atoms with Crippen LogP contribution in [0.5, 0.6) is 0 Å². The third-order valence-corrected chi connectivity index (χ3v) is 2.90. The summed E-state index contributed by atoms with van der Waals surface area (Å²) in [5, 5.41) is 0. The van der Waals surface area contributed by atoms with E-state index in [-0.39, 0.29) is 10.3 Å². The minimum absolute atomic E-state index is 0.124. The first-order chi connectivity index (χ1) is 8.49. The van der Waals surface area contributed by atoms with Gasteiger partial charge in [0.2, 0.25) is 0 Å². The standard InChI is InChI=1S/C15H29BrO3/c1-12(11-18-10-9-15(5,6)16)7-8-13(17)19-14(2,3)4/h12H,7-11H2,1-6H3. The fourth-order valence-corrected chi connectivity index (χ4v) is 1.60. The molecular formula is C15H29BrO3. The number of esters is 1. The minimum Gasteiger partial charge on any atom is -0.460 e. The predicted octanol–water partition coefficient (Wildman–Crippen LogP) is 4.32. The molecule has 1 unspecified atom stereocenters. The van der Waals surface area contributed by atoms with E-state index in [9.17, 15) is 4.79 Å². The van der Waals surface area contributed by atoms with Crippen molar-refractivity contribution in [3.63, 3.8) is 0 Å². The highest BCUT2D eigenvalue weighted by atomic mass is 79.9. The molecule has 0 aromatic heterocycles. The van der Waals surface area contributed by atoms with Crippen molar-refractivity contribution in [2.45, 2.75) is 70.7 Å². The summed E-state index contributed by atoms with van der Waals surface area (Å²) in [6.45, 7) is 13.5. The van der Waals surface area contributed by atoms with Gasteiger partial charge in [-0.05, 0) is 53.4 Å². The summed E-state index contributed by atoms with van der Waals surface area (Å²) in [4.78, 5) is 11.6. The topological polar surface area (TPSA) is 35.5 Å². The largest absolute Gasteiger partial charge is 0.460 e. The predicted molar refractivity (Wildman–Crippen MR) is 82.7 cm³/mol. The maximum absolute atomic E-state index is 11.6.